The molecule has 4 atom stereocenters. The van der Waals surface area contributed by atoms with Crippen molar-refractivity contribution in [3.8, 4) is 0 Å². The first-order chi connectivity index (χ1) is 14.6. The zero-order valence-corrected chi connectivity index (χ0v) is 18.0. The van der Waals surface area contributed by atoms with Gasteiger partial charge in [-0.25, -0.2) is 0 Å². The lowest BCUT2D eigenvalue weighted by Gasteiger charge is -2.48. The first-order valence-electron chi connectivity index (χ1n) is 11.3. The van der Waals surface area contributed by atoms with Crippen LogP contribution in [0.25, 0.3) is 0 Å². The Balaban J connectivity index is 1.43. The number of hydrogen-bond acceptors (Lipinski definition) is 3. The molecule has 2 aliphatic carbocycles. The molecule has 4 nitrogen and oxygen atoms in total. The van der Waals surface area contributed by atoms with Gasteiger partial charge in [-0.15, -0.1) is 0 Å². The molecule has 0 bridgehead atoms. The summed E-state index contributed by atoms with van der Waals surface area (Å²) in [6, 6.07) is 11.2. The van der Waals surface area contributed by atoms with Crippen molar-refractivity contribution in [2.45, 2.75) is 57.4 Å². The van der Waals surface area contributed by atoms with Crippen LogP contribution in [0.1, 0.15) is 56.9 Å². The molecule has 1 saturated heterocycles. The van der Waals surface area contributed by atoms with Crippen molar-refractivity contribution in [2.75, 3.05) is 6.54 Å². The summed E-state index contributed by atoms with van der Waals surface area (Å²) in [6.07, 6.45) is 15.1. The first-order valence-corrected chi connectivity index (χ1v) is 11.3. The molecule has 4 rings (SSSR count). The predicted molar refractivity (Wildman–Crippen MR) is 123 cm³/mol. The fourth-order valence-corrected chi connectivity index (χ4v) is 5.37. The van der Waals surface area contributed by atoms with Gasteiger partial charge in [-0.05, 0) is 50.0 Å². The lowest BCUT2D eigenvalue weighted by atomic mass is 9.69. The fraction of sp³-hybridized carbons (Fsp3) is 0.462. The second kappa shape index (κ2) is 9.46. The molecule has 0 aromatic heterocycles. The number of likely N-dealkylation sites (tertiary alicyclic amines) is 1. The second-order valence-corrected chi connectivity index (χ2v) is 8.82. The highest BCUT2D eigenvalue weighted by Crippen LogP contribution is 2.44. The van der Waals surface area contributed by atoms with Gasteiger partial charge in [-0.3, -0.25) is 10.2 Å². The van der Waals surface area contributed by atoms with E-state index in [1.54, 1.807) is 0 Å². The van der Waals surface area contributed by atoms with Crippen LogP contribution in [0.5, 0.6) is 0 Å². The third-order valence-corrected chi connectivity index (χ3v) is 7.01. The van der Waals surface area contributed by atoms with Gasteiger partial charge >= 0.3 is 0 Å². The smallest absolute Gasteiger partial charge is 0.271 e. The number of hydrazone groups is 1. The molecule has 1 aliphatic heterocycles. The van der Waals surface area contributed by atoms with E-state index in [2.05, 4.69) is 70.6 Å². The number of amides is 1. The van der Waals surface area contributed by atoms with Gasteiger partial charge in [0.25, 0.3) is 5.91 Å². The molecule has 0 radical (unpaired) electrons. The topological polar surface area (TPSA) is 44.7 Å². The number of allylic oxidation sites excluding steroid dienone is 4. The highest BCUT2D eigenvalue weighted by Gasteiger charge is 2.42. The van der Waals surface area contributed by atoms with Crippen molar-refractivity contribution >= 4 is 11.6 Å². The number of carbonyl (C=O) groups excluding carboxylic acids is 1. The summed E-state index contributed by atoms with van der Waals surface area (Å²) in [5.74, 6) is 1.38. The van der Waals surface area contributed by atoms with Crippen LogP contribution in [0.3, 0.4) is 0 Å². The Hall–Kier alpha value is -2.62. The molecule has 1 aromatic rings. The van der Waals surface area contributed by atoms with Crippen molar-refractivity contribution in [3.05, 3.63) is 72.5 Å². The molecule has 2 fully saturated rings. The van der Waals surface area contributed by atoms with E-state index < -0.39 is 0 Å². The molecule has 1 unspecified atom stereocenters. The lowest BCUT2D eigenvalue weighted by Crippen LogP contribution is -2.53. The van der Waals surface area contributed by atoms with Crippen LogP contribution in [0.15, 0.2) is 72.0 Å². The number of carbonyl (C=O) groups is 1. The Morgan fingerprint density at radius 2 is 1.93 bits per heavy atom. The van der Waals surface area contributed by atoms with E-state index in [9.17, 15) is 4.79 Å². The summed E-state index contributed by atoms with van der Waals surface area (Å²) in [4.78, 5) is 15.3. The predicted octanol–water partition coefficient (Wildman–Crippen LogP) is 5.17. The average Bonchev–Trinajstić information content (AvgIpc) is 2.82. The van der Waals surface area contributed by atoms with Crippen LogP contribution in [0, 0.1) is 11.8 Å². The normalized spacial score (nSPS) is 28.7. The summed E-state index contributed by atoms with van der Waals surface area (Å²) < 4.78 is 0. The number of piperidine rings is 1. The van der Waals surface area contributed by atoms with Crippen LogP contribution in [-0.2, 0) is 4.79 Å². The van der Waals surface area contributed by atoms with E-state index in [-0.39, 0.29) is 11.8 Å². The average molecular weight is 404 g/mol. The highest BCUT2D eigenvalue weighted by atomic mass is 16.2. The summed E-state index contributed by atoms with van der Waals surface area (Å²) in [7, 11) is 0. The lowest BCUT2D eigenvalue weighted by molar-refractivity contribution is -0.134. The fourth-order valence-electron chi connectivity index (χ4n) is 5.37. The summed E-state index contributed by atoms with van der Waals surface area (Å²) >= 11 is 0. The Morgan fingerprint density at radius 3 is 2.70 bits per heavy atom. The zero-order valence-electron chi connectivity index (χ0n) is 18.0. The number of nitrogens with one attached hydrogen (secondary N) is 1. The maximum atomic E-state index is 13.3. The van der Waals surface area contributed by atoms with Crippen molar-refractivity contribution in [1.29, 1.82) is 0 Å². The van der Waals surface area contributed by atoms with Crippen LogP contribution in [-0.4, -0.2) is 29.1 Å². The summed E-state index contributed by atoms with van der Waals surface area (Å²) in [6.45, 7) is 6.81. The van der Waals surface area contributed by atoms with E-state index in [4.69, 9.17) is 0 Å². The largest absolute Gasteiger partial charge is 0.334 e. The van der Waals surface area contributed by atoms with Crippen molar-refractivity contribution in [2.24, 2.45) is 16.9 Å². The van der Waals surface area contributed by atoms with Gasteiger partial charge in [0.15, 0.2) is 0 Å². The van der Waals surface area contributed by atoms with Crippen molar-refractivity contribution in [1.82, 2.24) is 10.3 Å². The minimum absolute atomic E-state index is 0.00837. The molecule has 158 valence electrons. The molecule has 1 heterocycles. The molecular weight excluding hydrogens is 370 g/mol. The van der Waals surface area contributed by atoms with E-state index in [0.29, 0.717) is 23.6 Å². The molecule has 0 spiro atoms. The van der Waals surface area contributed by atoms with E-state index >= 15 is 0 Å². The summed E-state index contributed by atoms with van der Waals surface area (Å²) in [5.41, 5.74) is 5.74. The third kappa shape index (κ3) is 4.43. The third-order valence-electron chi connectivity index (χ3n) is 7.01. The Bertz CT molecular complexity index is 854. The van der Waals surface area contributed by atoms with Crippen LogP contribution < -0.4 is 5.43 Å². The Kier molecular flexibility index (Phi) is 6.51. The molecule has 1 saturated carbocycles. The highest BCUT2D eigenvalue weighted by molar-refractivity contribution is 5.93. The maximum absolute atomic E-state index is 13.3. The van der Waals surface area contributed by atoms with Gasteiger partial charge < -0.3 is 4.90 Å². The Morgan fingerprint density at radius 1 is 1.13 bits per heavy atom. The first kappa shape index (κ1) is 20.6. The minimum atomic E-state index is 0.00837. The van der Waals surface area contributed by atoms with Gasteiger partial charge in [0.2, 0.25) is 0 Å². The number of nitrogens with zero attached hydrogens (tertiary/aromatic N) is 2. The zero-order chi connectivity index (χ0) is 20.9. The van der Waals surface area contributed by atoms with Crippen LogP contribution in [0.4, 0.5) is 0 Å². The number of fused-ring (bicyclic) bond motifs is 1. The molecular formula is C26H33N3O. The van der Waals surface area contributed by atoms with E-state index in [1.165, 1.54) is 24.8 Å². The number of hydrogen-bond donors (Lipinski definition) is 1. The minimum Gasteiger partial charge on any atom is -0.334 e. The van der Waals surface area contributed by atoms with Crippen molar-refractivity contribution < 1.29 is 4.79 Å². The molecule has 1 amide bonds. The van der Waals surface area contributed by atoms with Crippen molar-refractivity contribution in [3.63, 3.8) is 0 Å². The van der Waals surface area contributed by atoms with Gasteiger partial charge in [0.05, 0.1) is 0 Å². The molecule has 3 aliphatic rings. The second-order valence-electron chi connectivity index (χ2n) is 8.82. The monoisotopic (exact) mass is 403 g/mol. The standard InChI is InChI=1S/C26H33N3O/c1-19(21-11-5-3-6-12-21)27-28-20(2)26(30)29-18-17-23(22-13-7-4-8-14-22)24-15-9-10-16-25(24)29/h3-8,11,13-14,21,23-25,28H,2,9-10,12,15-18H2,1H3/b27-19+/t21?,23-,24-,25-/m1/s1. The number of rotatable bonds is 5. The molecule has 4 heteroatoms. The molecule has 1 aromatic carbocycles. The maximum Gasteiger partial charge on any atom is 0.271 e. The van der Waals surface area contributed by atoms with Crippen LogP contribution >= 0.6 is 0 Å². The molecule has 30 heavy (non-hydrogen) atoms. The van der Waals surface area contributed by atoms with E-state index in [0.717, 1.165) is 31.5 Å². The van der Waals surface area contributed by atoms with Gasteiger partial charge in [-0.1, -0.05) is 74.1 Å². The van der Waals surface area contributed by atoms with E-state index in [1.807, 2.05) is 13.0 Å². The SMILES string of the molecule is C=C(N/N=C(\C)C1C=CC=CC1)C(=O)N1CC[C@H](c2ccccc2)[C@H]2CCCC[C@H]21. The van der Waals surface area contributed by atoms with Gasteiger partial charge in [-0.2, -0.15) is 5.10 Å². The summed E-state index contributed by atoms with van der Waals surface area (Å²) in [5, 5.41) is 4.46. The van der Waals surface area contributed by atoms with Crippen LogP contribution in [0.2, 0.25) is 0 Å². The number of benzene rings is 1. The van der Waals surface area contributed by atoms with Gasteiger partial charge in [0, 0.05) is 24.2 Å². The Labute approximate surface area is 180 Å². The molecule has 1 N–H and O–H groups in total. The quantitative estimate of drug-likeness (QED) is 0.419. The van der Waals surface area contributed by atoms with Gasteiger partial charge in [0.1, 0.15) is 5.70 Å².